The standard InChI is InChI=1S/C8H5ClN2O/c9-6-1-2-7(11-5-6)3-4-8(10)12/h1-2,5H,(H2,10,12). The van der Waals surface area contributed by atoms with E-state index in [0.29, 0.717) is 10.7 Å². The molecule has 1 aromatic rings. The van der Waals surface area contributed by atoms with E-state index in [9.17, 15) is 4.79 Å². The number of hydrogen-bond acceptors (Lipinski definition) is 2. The molecule has 0 aliphatic heterocycles. The van der Waals surface area contributed by atoms with E-state index < -0.39 is 5.91 Å². The average molecular weight is 181 g/mol. The zero-order valence-corrected chi connectivity index (χ0v) is 6.80. The van der Waals surface area contributed by atoms with Crippen LogP contribution in [0.5, 0.6) is 0 Å². The van der Waals surface area contributed by atoms with Gasteiger partial charge in [-0.15, -0.1) is 0 Å². The second kappa shape index (κ2) is 3.74. The molecule has 60 valence electrons. The van der Waals surface area contributed by atoms with Crippen LogP contribution in [0.3, 0.4) is 0 Å². The molecule has 1 rings (SSSR count). The quantitative estimate of drug-likeness (QED) is 0.594. The zero-order valence-electron chi connectivity index (χ0n) is 6.04. The highest BCUT2D eigenvalue weighted by Crippen LogP contribution is 2.04. The summed E-state index contributed by atoms with van der Waals surface area (Å²) in [5.74, 6) is 3.97. The highest BCUT2D eigenvalue weighted by molar-refractivity contribution is 6.30. The summed E-state index contributed by atoms with van der Waals surface area (Å²) in [6.07, 6.45) is 1.45. The van der Waals surface area contributed by atoms with E-state index in [-0.39, 0.29) is 0 Å². The number of amides is 1. The lowest BCUT2D eigenvalue weighted by Crippen LogP contribution is -2.06. The van der Waals surface area contributed by atoms with Crippen molar-refractivity contribution < 1.29 is 4.79 Å². The first kappa shape index (κ1) is 8.57. The number of halogens is 1. The number of pyridine rings is 1. The monoisotopic (exact) mass is 180 g/mol. The number of carbonyl (C=O) groups excluding carboxylic acids is 1. The van der Waals surface area contributed by atoms with Gasteiger partial charge in [0.1, 0.15) is 5.69 Å². The first-order chi connectivity index (χ1) is 5.68. The van der Waals surface area contributed by atoms with Crippen molar-refractivity contribution in [3.63, 3.8) is 0 Å². The van der Waals surface area contributed by atoms with E-state index in [4.69, 9.17) is 17.3 Å². The number of hydrogen-bond donors (Lipinski definition) is 1. The van der Waals surface area contributed by atoms with Gasteiger partial charge >= 0.3 is 0 Å². The smallest absolute Gasteiger partial charge is 0.293 e. The Morgan fingerprint density at radius 1 is 1.58 bits per heavy atom. The van der Waals surface area contributed by atoms with Crippen LogP contribution in [0.15, 0.2) is 18.3 Å². The predicted octanol–water partition coefficient (Wildman–Crippen LogP) is 0.572. The van der Waals surface area contributed by atoms with Crippen molar-refractivity contribution in [1.82, 2.24) is 4.98 Å². The normalized spacial score (nSPS) is 8.42. The van der Waals surface area contributed by atoms with Crippen LogP contribution < -0.4 is 5.73 Å². The van der Waals surface area contributed by atoms with E-state index in [1.807, 2.05) is 0 Å². The Morgan fingerprint density at radius 2 is 2.33 bits per heavy atom. The van der Waals surface area contributed by atoms with E-state index in [0.717, 1.165) is 0 Å². The Labute approximate surface area is 74.5 Å². The van der Waals surface area contributed by atoms with Crippen LogP contribution in [0, 0.1) is 11.8 Å². The molecule has 0 atom stereocenters. The molecule has 0 spiro atoms. The molecule has 1 amide bonds. The van der Waals surface area contributed by atoms with Gasteiger partial charge in [0, 0.05) is 12.1 Å². The van der Waals surface area contributed by atoms with E-state index >= 15 is 0 Å². The van der Waals surface area contributed by atoms with E-state index in [1.165, 1.54) is 6.20 Å². The fourth-order valence-electron chi connectivity index (χ4n) is 0.575. The molecule has 0 saturated heterocycles. The maximum absolute atomic E-state index is 10.2. The van der Waals surface area contributed by atoms with Crippen LogP contribution in [-0.4, -0.2) is 10.9 Å². The number of carbonyl (C=O) groups is 1. The summed E-state index contributed by atoms with van der Waals surface area (Å²) in [4.78, 5) is 14.1. The topological polar surface area (TPSA) is 56.0 Å². The van der Waals surface area contributed by atoms with Gasteiger partial charge in [0.25, 0.3) is 5.91 Å². The third-order valence-electron chi connectivity index (χ3n) is 1.04. The highest BCUT2D eigenvalue weighted by atomic mass is 35.5. The highest BCUT2D eigenvalue weighted by Gasteiger charge is 1.88. The predicted molar refractivity (Wildman–Crippen MR) is 45.3 cm³/mol. The molecular formula is C8H5ClN2O. The zero-order chi connectivity index (χ0) is 8.97. The summed E-state index contributed by atoms with van der Waals surface area (Å²) in [7, 11) is 0. The van der Waals surface area contributed by atoms with Crippen LogP contribution in [0.25, 0.3) is 0 Å². The Balaban J connectivity index is 2.86. The fourth-order valence-corrected chi connectivity index (χ4v) is 0.687. The molecule has 1 heterocycles. The van der Waals surface area contributed by atoms with Gasteiger partial charge in [-0.2, -0.15) is 0 Å². The number of primary amides is 1. The van der Waals surface area contributed by atoms with Gasteiger partial charge in [0.2, 0.25) is 0 Å². The number of nitrogens with two attached hydrogens (primary N) is 1. The summed E-state index contributed by atoms with van der Waals surface area (Å²) in [6.45, 7) is 0. The molecule has 0 radical (unpaired) electrons. The lowest BCUT2D eigenvalue weighted by atomic mass is 10.3. The van der Waals surface area contributed by atoms with Crippen LogP contribution in [0.1, 0.15) is 5.69 Å². The van der Waals surface area contributed by atoms with Gasteiger partial charge in [-0.1, -0.05) is 11.6 Å². The second-order valence-electron chi connectivity index (χ2n) is 1.98. The van der Waals surface area contributed by atoms with Crippen molar-refractivity contribution in [2.24, 2.45) is 5.73 Å². The SMILES string of the molecule is NC(=O)C#Cc1ccc(Cl)cn1. The first-order valence-corrected chi connectivity index (χ1v) is 3.49. The molecule has 0 aliphatic rings. The fraction of sp³-hybridized carbons (Fsp3) is 0. The Kier molecular flexibility index (Phi) is 2.67. The molecule has 0 aromatic carbocycles. The summed E-state index contributed by atoms with van der Waals surface area (Å²) in [6, 6.07) is 3.25. The van der Waals surface area contributed by atoms with Crippen molar-refractivity contribution in [2.45, 2.75) is 0 Å². The molecule has 0 bridgehead atoms. The van der Waals surface area contributed by atoms with Gasteiger partial charge < -0.3 is 5.73 Å². The Hall–Kier alpha value is -1.53. The molecule has 1 aromatic heterocycles. The molecule has 2 N–H and O–H groups in total. The average Bonchev–Trinajstić information content (AvgIpc) is 2.03. The molecule has 0 unspecified atom stereocenters. The van der Waals surface area contributed by atoms with Gasteiger partial charge in [-0.25, -0.2) is 4.98 Å². The van der Waals surface area contributed by atoms with Crippen molar-refractivity contribution >= 4 is 17.5 Å². The van der Waals surface area contributed by atoms with Gasteiger partial charge in [0.15, 0.2) is 0 Å². The molecule has 12 heavy (non-hydrogen) atoms. The largest absolute Gasteiger partial charge is 0.359 e. The van der Waals surface area contributed by atoms with Crippen LogP contribution in [0.2, 0.25) is 5.02 Å². The third kappa shape index (κ3) is 2.60. The molecule has 3 nitrogen and oxygen atoms in total. The minimum Gasteiger partial charge on any atom is -0.359 e. The van der Waals surface area contributed by atoms with E-state index in [1.54, 1.807) is 12.1 Å². The first-order valence-electron chi connectivity index (χ1n) is 3.11. The van der Waals surface area contributed by atoms with Crippen molar-refractivity contribution in [3.8, 4) is 11.8 Å². The Bertz CT molecular complexity index is 348. The van der Waals surface area contributed by atoms with E-state index in [2.05, 4.69) is 16.8 Å². The maximum atomic E-state index is 10.2. The van der Waals surface area contributed by atoms with Crippen molar-refractivity contribution in [1.29, 1.82) is 0 Å². The summed E-state index contributed by atoms with van der Waals surface area (Å²) in [5.41, 5.74) is 5.27. The molecule has 0 aliphatic carbocycles. The number of aromatic nitrogens is 1. The third-order valence-corrected chi connectivity index (χ3v) is 1.26. The number of rotatable bonds is 0. The summed E-state index contributed by atoms with van der Waals surface area (Å²) < 4.78 is 0. The summed E-state index contributed by atoms with van der Waals surface area (Å²) in [5, 5.41) is 0.527. The molecule has 0 saturated carbocycles. The van der Waals surface area contributed by atoms with Crippen LogP contribution in [-0.2, 0) is 4.79 Å². The lowest BCUT2D eigenvalue weighted by molar-refractivity contribution is -0.112. The molecule has 0 fully saturated rings. The van der Waals surface area contributed by atoms with Gasteiger partial charge in [-0.05, 0) is 18.1 Å². The van der Waals surface area contributed by atoms with Crippen LogP contribution in [0.4, 0.5) is 0 Å². The maximum Gasteiger partial charge on any atom is 0.293 e. The molecular weight excluding hydrogens is 176 g/mol. The summed E-state index contributed by atoms with van der Waals surface area (Å²) >= 11 is 5.57. The minimum atomic E-state index is -0.674. The van der Waals surface area contributed by atoms with Gasteiger partial charge in [-0.3, -0.25) is 4.79 Å². The molecule has 4 heteroatoms. The van der Waals surface area contributed by atoms with Crippen LogP contribution >= 0.6 is 11.6 Å². The number of nitrogens with zero attached hydrogens (tertiary/aromatic N) is 1. The van der Waals surface area contributed by atoms with Crippen molar-refractivity contribution in [3.05, 3.63) is 29.0 Å². The van der Waals surface area contributed by atoms with Crippen molar-refractivity contribution in [2.75, 3.05) is 0 Å². The lowest BCUT2D eigenvalue weighted by Gasteiger charge is -1.87. The second-order valence-corrected chi connectivity index (χ2v) is 2.41. The Morgan fingerprint density at radius 3 is 2.83 bits per heavy atom. The minimum absolute atomic E-state index is 0.471. The van der Waals surface area contributed by atoms with Gasteiger partial charge in [0.05, 0.1) is 5.02 Å².